The van der Waals surface area contributed by atoms with Gasteiger partial charge in [0.2, 0.25) is 0 Å². The molecule has 21 heavy (non-hydrogen) atoms. The molecule has 1 aliphatic rings. The Balaban J connectivity index is 1.93. The Labute approximate surface area is 129 Å². The van der Waals surface area contributed by atoms with E-state index in [1.165, 1.54) is 24.8 Å². The molecule has 2 rings (SSSR count). The van der Waals surface area contributed by atoms with Crippen molar-refractivity contribution >= 4 is 0 Å². The minimum atomic E-state index is 0.215. The van der Waals surface area contributed by atoms with E-state index in [1.807, 2.05) is 13.8 Å². The molecule has 0 aromatic heterocycles. The molecule has 1 atom stereocenters. The number of nitrogens with one attached hydrogen (secondary N) is 1. The summed E-state index contributed by atoms with van der Waals surface area (Å²) in [5, 5.41) is 3.58. The van der Waals surface area contributed by atoms with Crippen molar-refractivity contribution in [2.45, 2.75) is 64.7 Å². The summed E-state index contributed by atoms with van der Waals surface area (Å²) in [5.74, 6) is 0.933. The third-order valence-electron chi connectivity index (χ3n) is 3.85. The monoisotopic (exact) mass is 291 g/mol. The van der Waals surface area contributed by atoms with Gasteiger partial charge in [-0.05, 0) is 63.8 Å². The van der Waals surface area contributed by atoms with Gasteiger partial charge >= 0.3 is 0 Å². The lowest BCUT2D eigenvalue weighted by Crippen LogP contribution is -2.30. The van der Waals surface area contributed by atoms with Crippen molar-refractivity contribution < 1.29 is 9.47 Å². The first-order valence-electron chi connectivity index (χ1n) is 8.30. The zero-order valence-electron chi connectivity index (χ0n) is 13.6. The summed E-state index contributed by atoms with van der Waals surface area (Å²) in [6, 6.07) is 8.68. The molecule has 0 bridgehead atoms. The molecule has 0 spiro atoms. The highest BCUT2D eigenvalue weighted by atomic mass is 16.5. The Morgan fingerprint density at radius 2 is 1.90 bits per heavy atom. The van der Waals surface area contributed by atoms with E-state index in [2.05, 4.69) is 36.5 Å². The third kappa shape index (κ3) is 5.33. The van der Waals surface area contributed by atoms with Crippen LogP contribution in [0, 0.1) is 0 Å². The Morgan fingerprint density at radius 3 is 2.43 bits per heavy atom. The molecule has 1 fully saturated rings. The first kappa shape index (κ1) is 16.3. The lowest BCUT2D eigenvalue weighted by atomic mass is 9.96. The summed E-state index contributed by atoms with van der Waals surface area (Å²) in [6.45, 7) is 8.06. The average Bonchev–Trinajstić information content (AvgIpc) is 2.41. The Morgan fingerprint density at radius 1 is 1.19 bits per heavy atom. The lowest BCUT2D eigenvalue weighted by molar-refractivity contribution is -0.00877. The van der Waals surface area contributed by atoms with Crippen LogP contribution in [0.5, 0.6) is 5.75 Å². The molecule has 1 aliphatic carbocycles. The van der Waals surface area contributed by atoms with E-state index < -0.39 is 0 Å². The van der Waals surface area contributed by atoms with Crippen LogP contribution in [-0.4, -0.2) is 25.4 Å². The molecule has 0 amide bonds. The van der Waals surface area contributed by atoms with Crippen molar-refractivity contribution in [1.29, 1.82) is 0 Å². The highest BCUT2D eigenvalue weighted by Gasteiger charge is 2.20. The second kappa shape index (κ2) is 8.40. The second-order valence-corrected chi connectivity index (χ2v) is 6.13. The van der Waals surface area contributed by atoms with Crippen molar-refractivity contribution in [2.24, 2.45) is 0 Å². The number of benzene rings is 1. The Hall–Kier alpha value is -1.06. The lowest BCUT2D eigenvalue weighted by Gasteiger charge is -2.28. The molecule has 1 unspecified atom stereocenters. The van der Waals surface area contributed by atoms with Crippen molar-refractivity contribution in [3.8, 4) is 5.75 Å². The van der Waals surface area contributed by atoms with Gasteiger partial charge in [0.15, 0.2) is 0 Å². The predicted octanol–water partition coefficient (Wildman–Crippen LogP) is 4.08. The maximum Gasteiger partial charge on any atom is 0.119 e. The minimum absolute atomic E-state index is 0.215. The van der Waals surface area contributed by atoms with Gasteiger partial charge < -0.3 is 14.8 Å². The van der Waals surface area contributed by atoms with E-state index in [0.29, 0.717) is 6.10 Å². The van der Waals surface area contributed by atoms with Gasteiger partial charge in [0.25, 0.3) is 0 Å². The minimum Gasteiger partial charge on any atom is -0.491 e. The van der Waals surface area contributed by atoms with Gasteiger partial charge in [-0.2, -0.15) is 0 Å². The zero-order valence-corrected chi connectivity index (χ0v) is 13.6. The molecule has 0 saturated heterocycles. The fraction of sp³-hybridized carbons (Fsp3) is 0.667. The Bertz CT molecular complexity index is 398. The van der Waals surface area contributed by atoms with Crippen LogP contribution in [0.2, 0.25) is 0 Å². The summed E-state index contributed by atoms with van der Waals surface area (Å²) in [4.78, 5) is 0. The Kier molecular flexibility index (Phi) is 6.52. The second-order valence-electron chi connectivity index (χ2n) is 6.13. The molecule has 0 heterocycles. The van der Waals surface area contributed by atoms with Crippen molar-refractivity contribution in [3.63, 3.8) is 0 Å². The van der Waals surface area contributed by atoms with E-state index in [9.17, 15) is 0 Å². The van der Waals surface area contributed by atoms with E-state index in [0.717, 1.165) is 25.3 Å². The summed E-state index contributed by atoms with van der Waals surface area (Å²) >= 11 is 0. The van der Waals surface area contributed by atoms with Gasteiger partial charge in [-0.3, -0.25) is 0 Å². The fourth-order valence-corrected chi connectivity index (χ4v) is 2.41. The number of ether oxygens (including phenoxy) is 2. The number of hydrogen-bond donors (Lipinski definition) is 1. The van der Waals surface area contributed by atoms with Gasteiger partial charge in [0.05, 0.1) is 24.9 Å². The summed E-state index contributed by atoms with van der Waals surface area (Å²) in [6.07, 6.45) is 5.60. The molecule has 0 radical (unpaired) electrons. The molecular weight excluding hydrogens is 262 g/mol. The molecule has 118 valence electrons. The highest BCUT2D eigenvalue weighted by Crippen LogP contribution is 2.25. The molecular formula is C18H29NO2. The van der Waals surface area contributed by atoms with Gasteiger partial charge in [0.1, 0.15) is 5.75 Å². The van der Waals surface area contributed by atoms with E-state index >= 15 is 0 Å². The van der Waals surface area contributed by atoms with Crippen LogP contribution in [0.1, 0.15) is 58.1 Å². The molecule has 3 nitrogen and oxygen atoms in total. The smallest absolute Gasteiger partial charge is 0.119 e. The van der Waals surface area contributed by atoms with E-state index in [1.54, 1.807) is 0 Å². The van der Waals surface area contributed by atoms with E-state index in [-0.39, 0.29) is 12.1 Å². The molecule has 1 N–H and O–H groups in total. The van der Waals surface area contributed by atoms with Crippen molar-refractivity contribution in [3.05, 3.63) is 29.8 Å². The van der Waals surface area contributed by atoms with Crippen LogP contribution >= 0.6 is 0 Å². The topological polar surface area (TPSA) is 30.5 Å². The van der Waals surface area contributed by atoms with Gasteiger partial charge in [-0.25, -0.2) is 0 Å². The number of rotatable bonds is 9. The fourth-order valence-electron chi connectivity index (χ4n) is 2.41. The summed E-state index contributed by atoms with van der Waals surface area (Å²) in [5.41, 5.74) is 1.28. The highest BCUT2D eigenvalue weighted by molar-refractivity contribution is 5.29. The van der Waals surface area contributed by atoms with Crippen LogP contribution in [0.3, 0.4) is 0 Å². The molecule has 1 saturated carbocycles. The normalized spacial score (nSPS) is 16.8. The SMILES string of the molecule is CCCNC(COC1CCC1)c1ccc(OC(C)C)cc1. The average molecular weight is 291 g/mol. The first-order valence-corrected chi connectivity index (χ1v) is 8.30. The molecule has 0 aliphatic heterocycles. The summed E-state index contributed by atoms with van der Waals surface area (Å²) < 4.78 is 11.7. The van der Waals surface area contributed by atoms with Gasteiger partial charge in [0, 0.05) is 0 Å². The zero-order chi connectivity index (χ0) is 15.1. The maximum atomic E-state index is 5.99. The van der Waals surface area contributed by atoms with Crippen LogP contribution in [0.25, 0.3) is 0 Å². The number of hydrogen-bond acceptors (Lipinski definition) is 3. The molecule has 1 aromatic carbocycles. The van der Waals surface area contributed by atoms with Crippen LogP contribution in [0.4, 0.5) is 0 Å². The summed E-state index contributed by atoms with van der Waals surface area (Å²) in [7, 11) is 0. The largest absolute Gasteiger partial charge is 0.491 e. The third-order valence-corrected chi connectivity index (χ3v) is 3.85. The first-order chi connectivity index (χ1) is 10.2. The maximum absolute atomic E-state index is 5.99. The van der Waals surface area contributed by atoms with Gasteiger partial charge in [-0.15, -0.1) is 0 Å². The van der Waals surface area contributed by atoms with Crippen LogP contribution in [0.15, 0.2) is 24.3 Å². The molecule has 3 heteroatoms. The van der Waals surface area contributed by atoms with Crippen LogP contribution in [-0.2, 0) is 4.74 Å². The predicted molar refractivity (Wildman–Crippen MR) is 86.8 cm³/mol. The van der Waals surface area contributed by atoms with Crippen molar-refractivity contribution in [2.75, 3.05) is 13.2 Å². The van der Waals surface area contributed by atoms with Gasteiger partial charge in [-0.1, -0.05) is 19.1 Å². The van der Waals surface area contributed by atoms with Crippen molar-refractivity contribution in [1.82, 2.24) is 5.32 Å². The molecule has 1 aromatic rings. The van der Waals surface area contributed by atoms with E-state index in [4.69, 9.17) is 9.47 Å². The standard InChI is InChI=1S/C18H29NO2/c1-4-12-19-18(13-20-16-6-5-7-16)15-8-10-17(11-9-15)21-14(2)3/h8-11,14,16,18-19H,4-7,12-13H2,1-3H3. The quantitative estimate of drug-likeness (QED) is 0.743. The van der Waals surface area contributed by atoms with Crippen LogP contribution < -0.4 is 10.1 Å².